The summed E-state index contributed by atoms with van der Waals surface area (Å²) in [5, 5.41) is 0. The van der Waals surface area contributed by atoms with E-state index in [9.17, 15) is 0 Å². The molecule has 4 nitrogen and oxygen atoms in total. The van der Waals surface area contributed by atoms with Gasteiger partial charge in [-0.05, 0) is 27.6 Å². The molecule has 1 aromatic carbocycles. The van der Waals surface area contributed by atoms with Gasteiger partial charge < -0.3 is 10.7 Å². The molecule has 0 saturated carbocycles. The summed E-state index contributed by atoms with van der Waals surface area (Å²) in [5.74, 6) is 0.819. The van der Waals surface area contributed by atoms with Gasteiger partial charge in [0.15, 0.2) is 5.65 Å². The number of aromatic amines is 1. The van der Waals surface area contributed by atoms with Crippen molar-refractivity contribution in [2.75, 3.05) is 0 Å². The highest BCUT2D eigenvalue weighted by molar-refractivity contribution is 9.10. The van der Waals surface area contributed by atoms with E-state index in [1.54, 1.807) is 6.20 Å². The van der Waals surface area contributed by atoms with Crippen molar-refractivity contribution in [2.24, 2.45) is 5.73 Å². The average Bonchev–Trinajstić information content (AvgIpc) is 2.81. The first kappa shape index (κ1) is 11.4. The van der Waals surface area contributed by atoms with Gasteiger partial charge in [-0.3, -0.25) is 0 Å². The van der Waals surface area contributed by atoms with Crippen molar-refractivity contribution >= 4 is 27.1 Å². The van der Waals surface area contributed by atoms with Crippen molar-refractivity contribution in [1.29, 1.82) is 0 Å². The summed E-state index contributed by atoms with van der Waals surface area (Å²) in [6.07, 6.45) is 1.74. The molecule has 3 aromatic rings. The minimum atomic E-state index is 0.551. The van der Waals surface area contributed by atoms with Crippen molar-refractivity contribution in [3.63, 3.8) is 0 Å². The molecule has 0 atom stereocenters. The SMILES string of the molecule is NCc1ccc(-c2nc3ncc(Br)cc3[nH]2)cc1. The summed E-state index contributed by atoms with van der Waals surface area (Å²) in [6, 6.07) is 9.99. The van der Waals surface area contributed by atoms with E-state index in [2.05, 4.69) is 30.9 Å². The first-order valence-electron chi connectivity index (χ1n) is 5.57. The van der Waals surface area contributed by atoms with Crippen LogP contribution in [0.5, 0.6) is 0 Å². The smallest absolute Gasteiger partial charge is 0.178 e. The Morgan fingerprint density at radius 1 is 1.22 bits per heavy atom. The van der Waals surface area contributed by atoms with Crippen molar-refractivity contribution in [3.8, 4) is 11.4 Å². The maximum absolute atomic E-state index is 5.58. The maximum atomic E-state index is 5.58. The number of nitrogens with two attached hydrogens (primary N) is 1. The highest BCUT2D eigenvalue weighted by Gasteiger charge is 2.06. The fourth-order valence-electron chi connectivity index (χ4n) is 1.81. The summed E-state index contributed by atoms with van der Waals surface area (Å²) in [7, 11) is 0. The second-order valence-corrected chi connectivity index (χ2v) is 4.93. The van der Waals surface area contributed by atoms with Gasteiger partial charge in [0.05, 0.1) is 5.52 Å². The highest BCUT2D eigenvalue weighted by Crippen LogP contribution is 2.21. The topological polar surface area (TPSA) is 67.6 Å². The lowest BCUT2D eigenvalue weighted by molar-refractivity contribution is 1.07. The van der Waals surface area contributed by atoms with E-state index in [1.165, 1.54) is 0 Å². The van der Waals surface area contributed by atoms with E-state index in [0.29, 0.717) is 6.54 Å². The van der Waals surface area contributed by atoms with Crippen LogP contribution in [-0.4, -0.2) is 15.0 Å². The Labute approximate surface area is 112 Å². The Kier molecular flexibility index (Phi) is 2.85. The summed E-state index contributed by atoms with van der Waals surface area (Å²) < 4.78 is 0.934. The molecule has 0 aliphatic heterocycles. The molecule has 0 unspecified atom stereocenters. The first-order valence-corrected chi connectivity index (χ1v) is 6.36. The van der Waals surface area contributed by atoms with Crippen LogP contribution in [0.1, 0.15) is 5.56 Å². The predicted octanol–water partition coefficient (Wildman–Crippen LogP) is 2.85. The van der Waals surface area contributed by atoms with Gasteiger partial charge >= 0.3 is 0 Å². The molecule has 90 valence electrons. The molecular weight excluding hydrogens is 292 g/mol. The number of benzene rings is 1. The third-order valence-electron chi connectivity index (χ3n) is 2.77. The zero-order valence-electron chi connectivity index (χ0n) is 9.52. The third-order valence-corrected chi connectivity index (χ3v) is 3.20. The monoisotopic (exact) mass is 302 g/mol. The molecule has 2 heterocycles. The van der Waals surface area contributed by atoms with E-state index in [4.69, 9.17) is 5.73 Å². The Balaban J connectivity index is 2.07. The molecule has 0 aliphatic carbocycles. The Morgan fingerprint density at radius 3 is 2.72 bits per heavy atom. The summed E-state index contributed by atoms with van der Waals surface area (Å²) in [6.45, 7) is 0.551. The number of rotatable bonds is 2. The van der Waals surface area contributed by atoms with Crippen molar-refractivity contribution < 1.29 is 0 Å². The number of imidazole rings is 1. The van der Waals surface area contributed by atoms with Crippen LogP contribution in [0.4, 0.5) is 0 Å². The fraction of sp³-hybridized carbons (Fsp3) is 0.0769. The minimum Gasteiger partial charge on any atom is -0.337 e. The first-order chi connectivity index (χ1) is 8.76. The molecular formula is C13H11BrN4. The van der Waals surface area contributed by atoms with Crippen LogP contribution in [0.3, 0.4) is 0 Å². The van der Waals surface area contributed by atoms with Gasteiger partial charge in [-0.2, -0.15) is 0 Å². The van der Waals surface area contributed by atoms with Crippen LogP contribution in [0.2, 0.25) is 0 Å². The lowest BCUT2D eigenvalue weighted by Crippen LogP contribution is -1.95. The van der Waals surface area contributed by atoms with Gasteiger partial charge in [0, 0.05) is 22.8 Å². The van der Waals surface area contributed by atoms with Gasteiger partial charge in [-0.1, -0.05) is 24.3 Å². The van der Waals surface area contributed by atoms with Crippen LogP contribution >= 0.6 is 15.9 Å². The van der Waals surface area contributed by atoms with Crippen molar-refractivity contribution in [3.05, 3.63) is 46.6 Å². The van der Waals surface area contributed by atoms with Crippen LogP contribution in [-0.2, 0) is 6.54 Å². The zero-order valence-corrected chi connectivity index (χ0v) is 11.1. The predicted molar refractivity (Wildman–Crippen MR) is 74.9 cm³/mol. The van der Waals surface area contributed by atoms with E-state index in [1.807, 2.05) is 30.3 Å². The number of hydrogen-bond donors (Lipinski definition) is 2. The number of hydrogen-bond acceptors (Lipinski definition) is 3. The maximum Gasteiger partial charge on any atom is 0.178 e. The number of pyridine rings is 1. The van der Waals surface area contributed by atoms with Gasteiger partial charge in [-0.25, -0.2) is 9.97 Å². The van der Waals surface area contributed by atoms with Gasteiger partial charge in [0.25, 0.3) is 0 Å². The third kappa shape index (κ3) is 2.02. The van der Waals surface area contributed by atoms with Crippen molar-refractivity contribution in [2.45, 2.75) is 6.54 Å². The Hall–Kier alpha value is -1.72. The lowest BCUT2D eigenvalue weighted by atomic mass is 10.1. The second kappa shape index (κ2) is 4.51. The average molecular weight is 303 g/mol. The molecule has 0 bridgehead atoms. The molecule has 3 rings (SSSR count). The highest BCUT2D eigenvalue weighted by atomic mass is 79.9. The molecule has 0 saturated heterocycles. The fourth-order valence-corrected chi connectivity index (χ4v) is 2.14. The van der Waals surface area contributed by atoms with E-state index >= 15 is 0 Å². The number of H-pyrrole nitrogens is 1. The van der Waals surface area contributed by atoms with Crippen LogP contribution in [0.15, 0.2) is 41.0 Å². The van der Waals surface area contributed by atoms with Crippen LogP contribution in [0.25, 0.3) is 22.6 Å². The minimum absolute atomic E-state index is 0.551. The zero-order chi connectivity index (χ0) is 12.5. The van der Waals surface area contributed by atoms with Gasteiger partial charge in [0.2, 0.25) is 0 Å². The number of halogens is 1. The van der Waals surface area contributed by atoms with Crippen LogP contribution in [0, 0.1) is 0 Å². The normalized spacial score (nSPS) is 11.0. The van der Waals surface area contributed by atoms with Crippen LogP contribution < -0.4 is 5.73 Å². The van der Waals surface area contributed by atoms with Gasteiger partial charge in [0.1, 0.15) is 5.82 Å². The molecule has 0 amide bonds. The molecule has 0 spiro atoms. The van der Waals surface area contributed by atoms with Crippen molar-refractivity contribution in [1.82, 2.24) is 15.0 Å². The lowest BCUT2D eigenvalue weighted by Gasteiger charge is -1.98. The largest absolute Gasteiger partial charge is 0.337 e. The molecule has 0 fully saturated rings. The quantitative estimate of drug-likeness (QED) is 0.765. The summed E-state index contributed by atoms with van der Waals surface area (Å²) >= 11 is 3.39. The van der Waals surface area contributed by atoms with Gasteiger partial charge in [-0.15, -0.1) is 0 Å². The number of nitrogens with one attached hydrogen (secondary N) is 1. The molecule has 5 heteroatoms. The summed E-state index contributed by atoms with van der Waals surface area (Å²) in [4.78, 5) is 12.0. The second-order valence-electron chi connectivity index (χ2n) is 4.01. The molecule has 2 aromatic heterocycles. The van der Waals surface area contributed by atoms with E-state index < -0.39 is 0 Å². The molecule has 3 N–H and O–H groups in total. The summed E-state index contributed by atoms with van der Waals surface area (Å²) in [5.41, 5.74) is 9.35. The number of aromatic nitrogens is 3. The molecule has 18 heavy (non-hydrogen) atoms. The number of fused-ring (bicyclic) bond motifs is 1. The Morgan fingerprint density at radius 2 is 2.00 bits per heavy atom. The van der Waals surface area contributed by atoms with E-state index in [-0.39, 0.29) is 0 Å². The number of nitrogens with zero attached hydrogens (tertiary/aromatic N) is 2. The molecule has 0 radical (unpaired) electrons. The standard InChI is InChI=1S/C13H11BrN4/c14-10-5-11-13(16-7-10)18-12(17-11)9-3-1-8(6-15)2-4-9/h1-5,7H,6,15H2,(H,16,17,18). The molecule has 0 aliphatic rings. The Bertz CT molecular complexity index is 688. The van der Waals surface area contributed by atoms with E-state index in [0.717, 1.165) is 32.6 Å².